The van der Waals surface area contributed by atoms with Gasteiger partial charge in [0.05, 0.1) is 6.10 Å². The quantitative estimate of drug-likeness (QED) is 0.685. The lowest BCUT2D eigenvalue weighted by molar-refractivity contribution is 0.123. The predicted molar refractivity (Wildman–Crippen MR) is 96.0 cm³/mol. The number of hydrogen-bond donors (Lipinski definition) is 3. The SMILES string of the molecule is CC(C)n1c(=O)nc(N[C@H](c2cccc(C(O)C3CC3)c2)C(F)F)[nH]c1=O. The zero-order valence-electron chi connectivity index (χ0n) is 15.0. The number of nitrogens with one attached hydrogen (secondary N) is 2. The van der Waals surface area contributed by atoms with Gasteiger partial charge in [-0.05, 0) is 43.7 Å². The van der Waals surface area contributed by atoms with E-state index in [0.717, 1.165) is 17.4 Å². The molecule has 2 aromatic rings. The van der Waals surface area contributed by atoms with E-state index < -0.39 is 36.0 Å². The minimum Gasteiger partial charge on any atom is -0.388 e. The van der Waals surface area contributed by atoms with E-state index in [1.807, 2.05) is 0 Å². The van der Waals surface area contributed by atoms with Crippen LogP contribution in [0.2, 0.25) is 0 Å². The molecule has 3 N–H and O–H groups in total. The van der Waals surface area contributed by atoms with Gasteiger partial charge >= 0.3 is 11.4 Å². The lowest BCUT2D eigenvalue weighted by Gasteiger charge is -2.20. The fourth-order valence-corrected chi connectivity index (χ4v) is 3.01. The Labute approximate surface area is 154 Å². The van der Waals surface area contributed by atoms with Crippen LogP contribution in [-0.4, -0.2) is 26.1 Å². The van der Waals surface area contributed by atoms with Crippen molar-refractivity contribution >= 4 is 5.95 Å². The van der Waals surface area contributed by atoms with E-state index in [-0.39, 0.29) is 17.4 Å². The first-order valence-electron chi connectivity index (χ1n) is 8.83. The molecule has 1 unspecified atom stereocenters. The van der Waals surface area contributed by atoms with Crippen LogP contribution >= 0.6 is 0 Å². The van der Waals surface area contributed by atoms with Crippen LogP contribution in [0.5, 0.6) is 0 Å². The second-order valence-electron chi connectivity index (χ2n) is 7.05. The highest BCUT2D eigenvalue weighted by Gasteiger charge is 2.31. The molecule has 9 heteroatoms. The molecule has 1 aromatic heterocycles. The Bertz CT molecular complexity index is 890. The van der Waals surface area contributed by atoms with Crippen LogP contribution in [0.4, 0.5) is 14.7 Å². The van der Waals surface area contributed by atoms with E-state index in [4.69, 9.17) is 0 Å². The number of benzene rings is 1. The lowest BCUT2D eigenvalue weighted by atomic mass is 9.99. The van der Waals surface area contributed by atoms with E-state index in [9.17, 15) is 23.5 Å². The maximum Gasteiger partial charge on any atom is 0.355 e. The van der Waals surface area contributed by atoms with E-state index in [2.05, 4.69) is 15.3 Å². The van der Waals surface area contributed by atoms with E-state index in [0.29, 0.717) is 5.56 Å². The largest absolute Gasteiger partial charge is 0.388 e. The number of nitrogens with zero attached hydrogens (tertiary/aromatic N) is 2. The van der Waals surface area contributed by atoms with Crippen LogP contribution in [0.15, 0.2) is 33.9 Å². The van der Waals surface area contributed by atoms with Gasteiger partial charge in [-0.15, -0.1) is 0 Å². The van der Waals surface area contributed by atoms with Gasteiger partial charge < -0.3 is 10.4 Å². The Morgan fingerprint density at radius 3 is 2.48 bits per heavy atom. The Morgan fingerprint density at radius 1 is 1.26 bits per heavy atom. The third kappa shape index (κ3) is 4.24. The van der Waals surface area contributed by atoms with Crippen molar-refractivity contribution in [1.29, 1.82) is 0 Å². The summed E-state index contributed by atoms with van der Waals surface area (Å²) in [6.45, 7) is 3.29. The molecular weight excluding hydrogens is 358 g/mol. The first-order chi connectivity index (χ1) is 12.8. The van der Waals surface area contributed by atoms with Crippen molar-refractivity contribution in [3.05, 3.63) is 56.4 Å². The van der Waals surface area contributed by atoms with E-state index in [1.165, 1.54) is 12.1 Å². The topological polar surface area (TPSA) is 100 Å². The van der Waals surface area contributed by atoms with Gasteiger partial charge in [0.25, 0.3) is 6.43 Å². The number of aromatic nitrogens is 3. The molecule has 0 spiro atoms. The molecule has 1 aromatic carbocycles. The van der Waals surface area contributed by atoms with Gasteiger partial charge in [0.1, 0.15) is 6.04 Å². The van der Waals surface area contributed by atoms with Gasteiger partial charge in [-0.25, -0.2) is 22.9 Å². The number of rotatable bonds is 7. The Balaban J connectivity index is 1.90. The van der Waals surface area contributed by atoms with Crippen LogP contribution in [0.1, 0.15) is 56.0 Å². The van der Waals surface area contributed by atoms with Crippen LogP contribution in [-0.2, 0) is 0 Å². The van der Waals surface area contributed by atoms with Crippen LogP contribution in [0, 0.1) is 5.92 Å². The summed E-state index contributed by atoms with van der Waals surface area (Å²) in [4.78, 5) is 30.0. The van der Waals surface area contributed by atoms with Gasteiger partial charge in [-0.1, -0.05) is 24.3 Å². The van der Waals surface area contributed by atoms with Gasteiger partial charge in [0.15, 0.2) is 0 Å². The third-order valence-corrected chi connectivity index (χ3v) is 4.60. The molecule has 1 saturated carbocycles. The number of aliphatic hydroxyl groups is 1. The number of H-pyrrole nitrogens is 1. The molecule has 1 aliphatic carbocycles. The number of aromatic amines is 1. The van der Waals surface area contributed by atoms with Crippen molar-refractivity contribution in [2.45, 2.75) is 51.3 Å². The van der Waals surface area contributed by atoms with Crippen molar-refractivity contribution in [1.82, 2.24) is 14.5 Å². The third-order valence-electron chi connectivity index (χ3n) is 4.60. The Morgan fingerprint density at radius 2 is 1.93 bits per heavy atom. The van der Waals surface area contributed by atoms with Gasteiger partial charge in [0, 0.05) is 6.04 Å². The minimum atomic E-state index is -2.82. The average molecular weight is 380 g/mol. The van der Waals surface area contributed by atoms with Crippen LogP contribution < -0.4 is 16.7 Å². The standard InChI is InChI=1S/C18H22F2N4O3/c1-9(2)24-17(26)22-16(23-18(24)27)21-13(15(19)20)11-4-3-5-12(8-11)14(25)10-6-7-10/h3-5,8-10,13-15,25H,6-7H2,1-2H3,(H2,21,22,23,26,27)/t13-,14?/m1/s1. The molecule has 3 rings (SSSR count). The Hall–Kier alpha value is -2.55. The zero-order valence-corrected chi connectivity index (χ0v) is 15.0. The molecule has 0 amide bonds. The lowest BCUT2D eigenvalue weighted by Crippen LogP contribution is -2.39. The number of hydrogen-bond acceptors (Lipinski definition) is 5. The second kappa shape index (κ2) is 7.59. The van der Waals surface area contributed by atoms with E-state index in [1.54, 1.807) is 26.0 Å². The van der Waals surface area contributed by atoms with Gasteiger partial charge in [-0.2, -0.15) is 4.98 Å². The normalized spacial score (nSPS) is 16.6. The summed E-state index contributed by atoms with van der Waals surface area (Å²) in [6, 6.07) is 4.41. The summed E-state index contributed by atoms with van der Waals surface area (Å²) < 4.78 is 28.2. The summed E-state index contributed by atoms with van der Waals surface area (Å²) in [7, 11) is 0. The first-order valence-corrected chi connectivity index (χ1v) is 8.83. The highest BCUT2D eigenvalue weighted by Crippen LogP contribution is 2.41. The van der Waals surface area contributed by atoms with Gasteiger partial charge in [-0.3, -0.25) is 4.98 Å². The van der Waals surface area contributed by atoms with Crippen molar-refractivity contribution in [2.75, 3.05) is 5.32 Å². The number of halogens is 2. The highest BCUT2D eigenvalue weighted by molar-refractivity contribution is 5.35. The number of alkyl halides is 2. The second-order valence-corrected chi connectivity index (χ2v) is 7.05. The molecule has 27 heavy (non-hydrogen) atoms. The monoisotopic (exact) mass is 380 g/mol. The zero-order chi connectivity index (χ0) is 19.7. The first kappa shape index (κ1) is 19.2. The smallest absolute Gasteiger partial charge is 0.355 e. The molecule has 0 aliphatic heterocycles. The van der Waals surface area contributed by atoms with Crippen molar-refractivity contribution in [2.24, 2.45) is 5.92 Å². The molecule has 146 valence electrons. The van der Waals surface area contributed by atoms with Crippen molar-refractivity contribution in [3.63, 3.8) is 0 Å². The maximum atomic E-state index is 13.7. The summed E-state index contributed by atoms with van der Waals surface area (Å²) in [6.07, 6.45) is -1.68. The molecule has 1 aliphatic rings. The maximum absolute atomic E-state index is 13.7. The average Bonchev–Trinajstić information content (AvgIpc) is 3.43. The molecule has 0 radical (unpaired) electrons. The fourth-order valence-electron chi connectivity index (χ4n) is 3.01. The Kier molecular flexibility index (Phi) is 5.41. The summed E-state index contributed by atoms with van der Waals surface area (Å²) in [5.74, 6) is -0.153. The molecular formula is C18H22F2N4O3. The van der Waals surface area contributed by atoms with Gasteiger partial charge in [0.2, 0.25) is 5.95 Å². The van der Waals surface area contributed by atoms with Crippen molar-refractivity contribution < 1.29 is 13.9 Å². The molecule has 1 heterocycles. The summed E-state index contributed by atoms with van der Waals surface area (Å²) in [5, 5.41) is 12.7. The van der Waals surface area contributed by atoms with Crippen LogP contribution in [0.25, 0.3) is 0 Å². The predicted octanol–water partition coefficient (Wildman–Crippen LogP) is 2.37. The molecule has 1 fully saturated rings. The van der Waals surface area contributed by atoms with Crippen molar-refractivity contribution in [3.8, 4) is 0 Å². The molecule has 7 nitrogen and oxygen atoms in total. The molecule has 0 bridgehead atoms. The number of aliphatic hydroxyl groups excluding tert-OH is 1. The number of anilines is 1. The molecule has 2 atom stereocenters. The molecule has 0 saturated heterocycles. The van der Waals surface area contributed by atoms with Crippen LogP contribution in [0.3, 0.4) is 0 Å². The fraction of sp³-hybridized carbons (Fsp3) is 0.500. The summed E-state index contributed by atoms with van der Waals surface area (Å²) in [5.41, 5.74) is -0.738. The minimum absolute atomic E-state index is 0.167. The van der Waals surface area contributed by atoms with E-state index >= 15 is 0 Å². The summed E-state index contributed by atoms with van der Waals surface area (Å²) >= 11 is 0. The highest BCUT2D eigenvalue weighted by atomic mass is 19.3.